The van der Waals surface area contributed by atoms with Gasteiger partial charge in [0.2, 0.25) is 10.0 Å². The van der Waals surface area contributed by atoms with Crippen molar-refractivity contribution in [3.63, 3.8) is 0 Å². The van der Waals surface area contributed by atoms with Gasteiger partial charge < -0.3 is 4.90 Å². The van der Waals surface area contributed by atoms with Crippen LogP contribution < -0.4 is 4.72 Å². The fraction of sp³-hybridized carbons (Fsp3) is 0.667. The molecule has 0 spiro atoms. The number of hydrogen-bond donors (Lipinski definition) is 1. The molecule has 4 nitrogen and oxygen atoms in total. The van der Waals surface area contributed by atoms with Gasteiger partial charge in [-0.2, -0.15) is 0 Å². The lowest BCUT2D eigenvalue weighted by atomic mass is 9.95. The summed E-state index contributed by atoms with van der Waals surface area (Å²) in [5.41, 5.74) is 5.04. The van der Waals surface area contributed by atoms with E-state index in [1.54, 1.807) is 0 Å². The van der Waals surface area contributed by atoms with Gasteiger partial charge >= 0.3 is 0 Å². The van der Waals surface area contributed by atoms with E-state index in [0.717, 1.165) is 48.3 Å². The van der Waals surface area contributed by atoms with Crippen LogP contribution in [0.15, 0.2) is 4.90 Å². The summed E-state index contributed by atoms with van der Waals surface area (Å²) >= 11 is 0. The van der Waals surface area contributed by atoms with E-state index >= 15 is 0 Å². The van der Waals surface area contributed by atoms with Gasteiger partial charge in [-0.3, -0.25) is 0 Å². The van der Waals surface area contributed by atoms with E-state index in [4.69, 9.17) is 0 Å². The van der Waals surface area contributed by atoms with Gasteiger partial charge in [0.25, 0.3) is 0 Å². The highest BCUT2D eigenvalue weighted by Crippen LogP contribution is 2.29. The van der Waals surface area contributed by atoms with Crippen LogP contribution in [0.5, 0.6) is 0 Å². The van der Waals surface area contributed by atoms with Crippen molar-refractivity contribution in [2.24, 2.45) is 0 Å². The maximum atomic E-state index is 12.7. The summed E-state index contributed by atoms with van der Waals surface area (Å²) in [4.78, 5) is 2.76. The molecule has 0 aliphatic carbocycles. The Morgan fingerprint density at radius 3 is 1.70 bits per heavy atom. The molecule has 1 rings (SSSR count). The van der Waals surface area contributed by atoms with Crippen molar-refractivity contribution < 1.29 is 8.42 Å². The van der Waals surface area contributed by atoms with E-state index < -0.39 is 10.0 Å². The quantitative estimate of drug-likeness (QED) is 0.739. The number of nitrogens with one attached hydrogen (secondary N) is 1. The highest BCUT2D eigenvalue weighted by molar-refractivity contribution is 7.89. The van der Waals surface area contributed by atoms with Crippen LogP contribution in [0.2, 0.25) is 0 Å². The minimum absolute atomic E-state index is 0.459. The SMILES string of the molecule is CCN(CC)CCCNS(=O)(=O)c1c(C)c(C)c(C)c(C)c1C. The molecule has 1 N–H and O–H groups in total. The lowest BCUT2D eigenvalue weighted by Gasteiger charge is -2.20. The van der Waals surface area contributed by atoms with Gasteiger partial charge in [0, 0.05) is 6.54 Å². The maximum Gasteiger partial charge on any atom is 0.241 e. The molecule has 0 heterocycles. The zero-order valence-corrected chi connectivity index (χ0v) is 16.5. The summed E-state index contributed by atoms with van der Waals surface area (Å²) in [6.45, 7) is 17.5. The van der Waals surface area contributed by atoms with E-state index in [1.807, 2.05) is 27.7 Å². The second-order valence-corrected chi connectivity index (χ2v) is 7.94. The van der Waals surface area contributed by atoms with E-state index in [1.165, 1.54) is 5.56 Å². The van der Waals surface area contributed by atoms with E-state index in [2.05, 4.69) is 30.4 Å². The third-order valence-electron chi connectivity index (χ3n) is 5.04. The van der Waals surface area contributed by atoms with E-state index in [0.29, 0.717) is 11.4 Å². The van der Waals surface area contributed by atoms with Crippen LogP contribution in [0.25, 0.3) is 0 Å². The normalized spacial score (nSPS) is 12.2. The Hall–Kier alpha value is -0.910. The zero-order chi connectivity index (χ0) is 17.8. The summed E-state index contributed by atoms with van der Waals surface area (Å²) in [5.74, 6) is 0. The molecule has 0 amide bonds. The van der Waals surface area contributed by atoms with Gasteiger partial charge in [-0.05, 0) is 88.5 Å². The highest BCUT2D eigenvalue weighted by atomic mass is 32.2. The number of benzene rings is 1. The van der Waals surface area contributed by atoms with Crippen LogP contribution >= 0.6 is 0 Å². The topological polar surface area (TPSA) is 49.4 Å². The summed E-state index contributed by atoms with van der Waals surface area (Å²) in [6, 6.07) is 0. The fourth-order valence-corrected chi connectivity index (χ4v) is 4.66. The average molecular weight is 341 g/mol. The summed E-state index contributed by atoms with van der Waals surface area (Å²) < 4.78 is 28.3. The standard InChI is InChI=1S/C18H32N2O2S/c1-8-20(9-2)12-10-11-19-23(21,22)18-16(6)14(4)13(3)15(5)17(18)7/h19H,8-12H2,1-7H3. The first-order chi connectivity index (χ1) is 10.7. The Morgan fingerprint density at radius 1 is 0.826 bits per heavy atom. The van der Waals surface area contributed by atoms with Crippen LogP contribution in [0.4, 0.5) is 0 Å². The molecule has 0 bridgehead atoms. The van der Waals surface area contributed by atoms with Crippen LogP contribution in [0.3, 0.4) is 0 Å². The van der Waals surface area contributed by atoms with Gasteiger partial charge in [-0.1, -0.05) is 13.8 Å². The second-order valence-electron chi connectivity index (χ2n) is 6.23. The predicted molar refractivity (Wildman–Crippen MR) is 97.7 cm³/mol. The molecule has 0 saturated carbocycles. The first kappa shape index (κ1) is 20.1. The van der Waals surface area contributed by atoms with Crippen molar-refractivity contribution in [3.8, 4) is 0 Å². The molecule has 132 valence electrons. The third-order valence-corrected chi connectivity index (χ3v) is 6.77. The van der Waals surface area contributed by atoms with Crippen molar-refractivity contribution >= 4 is 10.0 Å². The third kappa shape index (κ3) is 4.55. The molecular formula is C18H32N2O2S. The molecule has 1 aromatic rings. The smallest absolute Gasteiger partial charge is 0.241 e. The molecule has 0 saturated heterocycles. The highest BCUT2D eigenvalue weighted by Gasteiger charge is 2.23. The molecule has 0 fully saturated rings. The van der Waals surface area contributed by atoms with Gasteiger partial charge in [0.15, 0.2) is 0 Å². The molecule has 0 aromatic heterocycles. The second kappa shape index (κ2) is 8.27. The summed E-state index contributed by atoms with van der Waals surface area (Å²) in [5, 5.41) is 0. The first-order valence-electron chi connectivity index (χ1n) is 8.46. The molecule has 0 aliphatic heterocycles. The Labute approximate surface area is 142 Å². The molecule has 5 heteroatoms. The lowest BCUT2D eigenvalue weighted by molar-refractivity contribution is 0.300. The Kier molecular flexibility index (Phi) is 7.24. The molecule has 0 atom stereocenters. The van der Waals surface area contributed by atoms with Crippen LogP contribution in [0, 0.1) is 34.6 Å². The summed E-state index contributed by atoms with van der Waals surface area (Å²) in [7, 11) is -3.46. The Balaban J connectivity index is 2.94. The number of hydrogen-bond acceptors (Lipinski definition) is 3. The fourth-order valence-electron chi connectivity index (χ4n) is 2.99. The minimum atomic E-state index is -3.46. The van der Waals surface area contributed by atoms with Crippen LogP contribution in [-0.4, -0.2) is 39.5 Å². The van der Waals surface area contributed by atoms with Crippen LogP contribution in [0.1, 0.15) is 48.1 Å². The van der Waals surface area contributed by atoms with Gasteiger partial charge in [0.05, 0.1) is 4.90 Å². The van der Waals surface area contributed by atoms with Crippen molar-refractivity contribution in [2.45, 2.75) is 59.8 Å². The van der Waals surface area contributed by atoms with Gasteiger partial charge in [0.1, 0.15) is 0 Å². The maximum absolute atomic E-state index is 12.7. The molecule has 0 aliphatic rings. The van der Waals surface area contributed by atoms with E-state index in [-0.39, 0.29) is 0 Å². The zero-order valence-electron chi connectivity index (χ0n) is 15.7. The van der Waals surface area contributed by atoms with Crippen LogP contribution in [-0.2, 0) is 10.0 Å². The predicted octanol–water partition coefficient (Wildman–Crippen LogP) is 3.24. The molecular weight excluding hydrogens is 308 g/mol. The Bertz CT molecular complexity index is 618. The molecule has 1 aromatic carbocycles. The molecule has 0 radical (unpaired) electrons. The largest absolute Gasteiger partial charge is 0.304 e. The Morgan fingerprint density at radius 2 is 1.26 bits per heavy atom. The number of rotatable bonds is 8. The van der Waals surface area contributed by atoms with Crippen molar-refractivity contribution in [2.75, 3.05) is 26.2 Å². The minimum Gasteiger partial charge on any atom is -0.304 e. The van der Waals surface area contributed by atoms with Crippen molar-refractivity contribution in [3.05, 3.63) is 27.8 Å². The first-order valence-corrected chi connectivity index (χ1v) is 9.94. The summed E-state index contributed by atoms with van der Waals surface area (Å²) in [6.07, 6.45) is 0.822. The number of nitrogens with zero attached hydrogens (tertiary/aromatic N) is 1. The molecule has 0 unspecified atom stereocenters. The molecule has 23 heavy (non-hydrogen) atoms. The van der Waals surface area contributed by atoms with Gasteiger partial charge in [-0.15, -0.1) is 0 Å². The van der Waals surface area contributed by atoms with Crippen molar-refractivity contribution in [1.29, 1.82) is 0 Å². The number of sulfonamides is 1. The van der Waals surface area contributed by atoms with Crippen molar-refractivity contribution in [1.82, 2.24) is 9.62 Å². The lowest BCUT2D eigenvalue weighted by Crippen LogP contribution is -2.31. The average Bonchev–Trinajstić information content (AvgIpc) is 2.51. The van der Waals surface area contributed by atoms with E-state index in [9.17, 15) is 8.42 Å². The monoisotopic (exact) mass is 340 g/mol. The van der Waals surface area contributed by atoms with Gasteiger partial charge in [-0.25, -0.2) is 13.1 Å².